The van der Waals surface area contributed by atoms with Crippen molar-refractivity contribution in [3.05, 3.63) is 53.9 Å². The average molecular weight is 394 g/mol. The van der Waals surface area contributed by atoms with Gasteiger partial charge in [-0.3, -0.25) is 9.69 Å². The number of amides is 1. The molecule has 9 heteroatoms. The number of ether oxygens (including phenoxy) is 1. The van der Waals surface area contributed by atoms with Gasteiger partial charge in [0.05, 0.1) is 30.7 Å². The van der Waals surface area contributed by atoms with E-state index in [-0.39, 0.29) is 11.4 Å². The van der Waals surface area contributed by atoms with E-state index in [9.17, 15) is 18.0 Å². The van der Waals surface area contributed by atoms with Crippen molar-refractivity contribution in [2.24, 2.45) is 0 Å². The van der Waals surface area contributed by atoms with Gasteiger partial charge in [0.25, 0.3) is 5.91 Å². The molecule has 0 radical (unpaired) electrons. The van der Waals surface area contributed by atoms with Gasteiger partial charge in [0.1, 0.15) is 5.69 Å². The number of rotatable bonds is 6. The van der Waals surface area contributed by atoms with Gasteiger partial charge in [-0.25, -0.2) is 4.98 Å². The Morgan fingerprint density at radius 3 is 2.61 bits per heavy atom. The van der Waals surface area contributed by atoms with E-state index < -0.39 is 17.6 Å². The molecule has 3 rings (SSSR count). The number of nitrogens with one attached hydrogen (secondary N) is 2. The van der Waals surface area contributed by atoms with Crippen molar-refractivity contribution >= 4 is 17.3 Å². The third-order valence-corrected chi connectivity index (χ3v) is 4.30. The molecule has 0 atom stereocenters. The van der Waals surface area contributed by atoms with Crippen LogP contribution in [0.15, 0.2) is 42.6 Å². The Hall–Kier alpha value is -2.65. The van der Waals surface area contributed by atoms with E-state index >= 15 is 0 Å². The number of benzene rings is 1. The molecule has 150 valence electrons. The van der Waals surface area contributed by atoms with Crippen LogP contribution in [0.1, 0.15) is 16.1 Å². The first-order chi connectivity index (χ1) is 13.4. The summed E-state index contributed by atoms with van der Waals surface area (Å²) in [6.45, 7) is 4.93. The van der Waals surface area contributed by atoms with Gasteiger partial charge in [0, 0.05) is 31.9 Å². The first-order valence-corrected chi connectivity index (χ1v) is 8.90. The standard InChI is InChI=1S/C19H21F3N4O2/c20-19(21,22)14-2-1-3-15(12-14)25-18(27)17-5-4-16(13-24-17)23-6-7-26-8-10-28-11-9-26/h1-5,12-13,23H,6-11H2,(H,25,27). The van der Waals surface area contributed by atoms with Crippen LogP contribution in [0.5, 0.6) is 0 Å². The Bertz CT molecular complexity index is 791. The Kier molecular flexibility index (Phi) is 6.48. The first kappa shape index (κ1) is 20.1. The van der Waals surface area contributed by atoms with E-state index in [1.807, 2.05) is 0 Å². The molecule has 28 heavy (non-hydrogen) atoms. The van der Waals surface area contributed by atoms with E-state index in [2.05, 4.69) is 20.5 Å². The predicted molar refractivity (Wildman–Crippen MR) is 99.4 cm³/mol. The molecule has 1 aliphatic heterocycles. The summed E-state index contributed by atoms with van der Waals surface area (Å²) >= 11 is 0. The molecule has 1 aromatic heterocycles. The van der Waals surface area contributed by atoms with Gasteiger partial charge < -0.3 is 15.4 Å². The summed E-state index contributed by atoms with van der Waals surface area (Å²) in [4.78, 5) is 18.6. The summed E-state index contributed by atoms with van der Waals surface area (Å²) in [5.74, 6) is -0.570. The Morgan fingerprint density at radius 1 is 1.14 bits per heavy atom. The van der Waals surface area contributed by atoms with Crippen molar-refractivity contribution in [3.8, 4) is 0 Å². The maximum atomic E-state index is 12.8. The summed E-state index contributed by atoms with van der Waals surface area (Å²) < 4.78 is 43.6. The van der Waals surface area contributed by atoms with Crippen LogP contribution in [0.4, 0.5) is 24.5 Å². The zero-order valence-electron chi connectivity index (χ0n) is 15.1. The SMILES string of the molecule is O=C(Nc1cccc(C(F)(F)F)c1)c1ccc(NCCN2CCOCC2)cn1. The van der Waals surface area contributed by atoms with Gasteiger partial charge in [-0.15, -0.1) is 0 Å². The summed E-state index contributed by atoms with van der Waals surface area (Å²) in [5.41, 5.74) is 0.132. The lowest BCUT2D eigenvalue weighted by Crippen LogP contribution is -2.39. The Labute approximate surface area is 160 Å². The number of carbonyl (C=O) groups excluding carboxylic acids is 1. The number of hydrogen-bond acceptors (Lipinski definition) is 5. The van der Waals surface area contributed by atoms with Crippen molar-refractivity contribution < 1.29 is 22.7 Å². The van der Waals surface area contributed by atoms with Gasteiger partial charge in [-0.1, -0.05) is 6.07 Å². The number of morpholine rings is 1. The molecule has 6 nitrogen and oxygen atoms in total. The lowest BCUT2D eigenvalue weighted by Gasteiger charge is -2.26. The number of carbonyl (C=O) groups is 1. The van der Waals surface area contributed by atoms with Crippen molar-refractivity contribution in [1.29, 1.82) is 0 Å². The van der Waals surface area contributed by atoms with E-state index in [0.717, 1.165) is 57.2 Å². The topological polar surface area (TPSA) is 66.5 Å². The third-order valence-electron chi connectivity index (χ3n) is 4.30. The van der Waals surface area contributed by atoms with Crippen LogP contribution in [0.2, 0.25) is 0 Å². The summed E-state index contributed by atoms with van der Waals surface area (Å²) in [6, 6.07) is 7.72. The highest BCUT2D eigenvalue weighted by atomic mass is 19.4. The van der Waals surface area contributed by atoms with Crippen molar-refractivity contribution in [2.75, 3.05) is 50.0 Å². The number of hydrogen-bond donors (Lipinski definition) is 2. The van der Waals surface area contributed by atoms with Crippen LogP contribution < -0.4 is 10.6 Å². The zero-order valence-corrected chi connectivity index (χ0v) is 15.1. The second-order valence-electron chi connectivity index (χ2n) is 6.35. The Morgan fingerprint density at radius 2 is 1.93 bits per heavy atom. The molecule has 0 saturated carbocycles. The maximum Gasteiger partial charge on any atom is 0.416 e. The van der Waals surface area contributed by atoms with E-state index in [1.54, 1.807) is 6.07 Å². The van der Waals surface area contributed by atoms with Gasteiger partial charge in [0.2, 0.25) is 0 Å². The van der Waals surface area contributed by atoms with Gasteiger partial charge in [0.15, 0.2) is 0 Å². The molecule has 1 fully saturated rings. The molecule has 2 N–H and O–H groups in total. The summed E-state index contributed by atoms with van der Waals surface area (Å²) in [6.07, 6.45) is -2.94. The van der Waals surface area contributed by atoms with Gasteiger partial charge in [-0.2, -0.15) is 13.2 Å². The molecule has 0 unspecified atom stereocenters. The van der Waals surface area contributed by atoms with Gasteiger partial charge >= 0.3 is 6.18 Å². The molecular formula is C19H21F3N4O2. The van der Waals surface area contributed by atoms with E-state index in [4.69, 9.17) is 4.74 Å². The quantitative estimate of drug-likeness (QED) is 0.788. The highest BCUT2D eigenvalue weighted by Crippen LogP contribution is 2.30. The Balaban J connectivity index is 1.52. The number of alkyl halides is 3. The van der Waals surface area contributed by atoms with Crippen molar-refractivity contribution in [1.82, 2.24) is 9.88 Å². The second-order valence-corrected chi connectivity index (χ2v) is 6.35. The minimum absolute atomic E-state index is 0.0642. The van der Waals surface area contributed by atoms with Crippen LogP contribution in [-0.4, -0.2) is 55.2 Å². The molecular weight excluding hydrogens is 373 g/mol. The van der Waals surface area contributed by atoms with Crippen LogP contribution in [0.3, 0.4) is 0 Å². The maximum absolute atomic E-state index is 12.8. The summed E-state index contributed by atoms with van der Waals surface area (Å²) in [5, 5.41) is 5.67. The zero-order chi connectivity index (χ0) is 20.0. The lowest BCUT2D eigenvalue weighted by atomic mass is 10.2. The van der Waals surface area contributed by atoms with Crippen molar-refractivity contribution in [3.63, 3.8) is 0 Å². The minimum Gasteiger partial charge on any atom is -0.383 e. The fraction of sp³-hybridized carbons (Fsp3) is 0.368. The van der Waals surface area contributed by atoms with E-state index in [1.165, 1.54) is 24.4 Å². The molecule has 1 amide bonds. The monoisotopic (exact) mass is 394 g/mol. The first-order valence-electron chi connectivity index (χ1n) is 8.90. The number of aromatic nitrogens is 1. The van der Waals surface area contributed by atoms with Crippen molar-refractivity contribution in [2.45, 2.75) is 6.18 Å². The van der Waals surface area contributed by atoms with Crippen LogP contribution in [0.25, 0.3) is 0 Å². The molecule has 1 aromatic carbocycles. The predicted octanol–water partition coefficient (Wildman–Crippen LogP) is 3.10. The average Bonchev–Trinajstić information content (AvgIpc) is 2.69. The van der Waals surface area contributed by atoms with Crippen LogP contribution >= 0.6 is 0 Å². The van der Waals surface area contributed by atoms with Crippen LogP contribution in [-0.2, 0) is 10.9 Å². The van der Waals surface area contributed by atoms with Crippen LogP contribution in [0, 0.1) is 0 Å². The largest absolute Gasteiger partial charge is 0.416 e. The molecule has 1 aliphatic rings. The number of pyridine rings is 1. The third kappa shape index (κ3) is 5.67. The molecule has 0 spiro atoms. The highest BCUT2D eigenvalue weighted by molar-refractivity contribution is 6.03. The second kappa shape index (κ2) is 9.03. The van der Waals surface area contributed by atoms with Gasteiger partial charge in [-0.05, 0) is 30.3 Å². The number of halogens is 3. The lowest BCUT2D eigenvalue weighted by molar-refractivity contribution is -0.137. The minimum atomic E-state index is -4.46. The smallest absolute Gasteiger partial charge is 0.383 e. The fourth-order valence-corrected chi connectivity index (χ4v) is 2.78. The molecule has 2 heterocycles. The fourth-order valence-electron chi connectivity index (χ4n) is 2.78. The number of anilines is 2. The number of nitrogens with zero attached hydrogens (tertiary/aromatic N) is 2. The molecule has 1 saturated heterocycles. The molecule has 0 aliphatic carbocycles. The summed E-state index contributed by atoms with van der Waals surface area (Å²) in [7, 11) is 0. The normalized spacial score (nSPS) is 15.2. The molecule has 0 bridgehead atoms. The van der Waals surface area contributed by atoms with E-state index in [0.29, 0.717) is 0 Å². The highest BCUT2D eigenvalue weighted by Gasteiger charge is 2.30. The molecule has 2 aromatic rings.